The Hall–Kier alpha value is 1.22. The summed E-state index contributed by atoms with van der Waals surface area (Å²) in [6, 6.07) is 0. The van der Waals surface area contributed by atoms with Gasteiger partial charge in [-0.1, -0.05) is 20.8 Å². The van der Waals surface area contributed by atoms with E-state index in [2.05, 4.69) is 20.8 Å². The van der Waals surface area contributed by atoms with Gasteiger partial charge in [0.2, 0.25) is 0 Å². The van der Waals surface area contributed by atoms with Gasteiger partial charge < -0.3 is 0 Å². The number of halogens is 2. The molecule has 0 spiro atoms. The van der Waals surface area contributed by atoms with Gasteiger partial charge in [-0.3, -0.25) is 0 Å². The Bertz CT molecular complexity index is 14.4. The van der Waals surface area contributed by atoms with Gasteiger partial charge in [-0.05, 0) is 5.92 Å². The zero-order valence-electron chi connectivity index (χ0n) is 4.39. The molecule has 0 atom stereocenters. The molecule has 0 bridgehead atoms. The third-order valence-corrected chi connectivity index (χ3v) is 0. The maximum absolute atomic E-state index is 2.17. The first kappa shape index (κ1) is 24.1. The average Bonchev–Trinajstić information content (AvgIpc) is 0.811. The SMILES string of the molecule is CC(C)C.Cl.Cl.[GaH3]. The van der Waals surface area contributed by atoms with Crippen molar-refractivity contribution >= 4 is 44.6 Å². The van der Waals surface area contributed by atoms with Gasteiger partial charge in [-0.25, -0.2) is 0 Å². The van der Waals surface area contributed by atoms with Gasteiger partial charge in [-0.15, -0.1) is 24.8 Å². The first-order valence-corrected chi connectivity index (χ1v) is 1.73. The van der Waals surface area contributed by atoms with E-state index in [0.717, 1.165) is 5.92 Å². The minimum atomic E-state index is 0. The van der Waals surface area contributed by atoms with Crippen molar-refractivity contribution in [3.8, 4) is 0 Å². The van der Waals surface area contributed by atoms with E-state index in [4.69, 9.17) is 0 Å². The second-order valence-corrected chi connectivity index (χ2v) is 1.73. The fourth-order valence-corrected chi connectivity index (χ4v) is 0. The minimum absolute atomic E-state index is 0. The van der Waals surface area contributed by atoms with Gasteiger partial charge in [-0.2, -0.15) is 0 Å². The van der Waals surface area contributed by atoms with Crippen LogP contribution in [-0.4, -0.2) is 19.8 Å². The molecule has 0 N–H and O–H groups in total. The number of hydrogen-bond donors (Lipinski definition) is 0. The topological polar surface area (TPSA) is 0 Å². The Kier molecular flexibility index (Phi) is 53.9. The van der Waals surface area contributed by atoms with Crippen molar-refractivity contribution in [1.82, 2.24) is 0 Å². The summed E-state index contributed by atoms with van der Waals surface area (Å²) < 4.78 is 0. The Morgan fingerprint density at radius 2 is 0.857 bits per heavy atom. The Morgan fingerprint density at radius 3 is 0.857 bits per heavy atom. The quantitative estimate of drug-likeness (QED) is 0.522. The van der Waals surface area contributed by atoms with E-state index in [-0.39, 0.29) is 44.6 Å². The van der Waals surface area contributed by atoms with E-state index < -0.39 is 0 Å². The second-order valence-electron chi connectivity index (χ2n) is 1.73. The van der Waals surface area contributed by atoms with Crippen LogP contribution in [0.2, 0.25) is 0 Å². The molecule has 0 heterocycles. The Balaban J connectivity index is -0.0000000150. The van der Waals surface area contributed by atoms with Crippen LogP contribution in [0.1, 0.15) is 20.8 Å². The summed E-state index contributed by atoms with van der Waals surface area (Å²) in [6.07, 6.45) is 0. The van der Waals surface area contributed by atoms with Gasteiger partial charge in [0, 0.05) is 0 Å². The van der Waals surface area contributed by atoms with E-state index in [1.165, 1.54) is 0 Å². The van der Waals surface area contributed by atoms with Gasteiger partial charge in [0.25, 0.3) is 0 Å². The van der Waals surface area contributed by atoms with Crippen molar-refractivity contribution in [3.05, 3.63) is 0 Å². The first-order chi connectivity index (χ1) is 1.73. The van der Waals surface area contributed by atoms with Crippen LogP contribution in [0.5, 0.6) is 0 Å². The van der Waals surface area contributed by atoms with Crippen molar-refractivity contribution in [2.45, 2.75) is 20.8 Å². The molecule has 0 saturated heterocycles. The molecule has 7 heavy (non-hydrogen) atoms. The van der Waals surface area contributed by atoms with E-state index in [1.54, 1.807) is 0 Å². The van der Waals surface area contributed by atoms with Gasteiger partial charge >= 0.3 is 19.8 Å². The molecule has 0 aromatic heterocycles. The van der Waals surface area contributed by atoms with Gasteiger partial charge in [0.15, 0.2) is 0 Å². The summed E-state index contributed by atoms with van der Waals surface area (Å²) in [7, 11) is 0. The van der Waals surface area contributed by atoms with Crippen molar-refractivity contribution in [2.75, 3.05) is 0 Å². The fraction of sp³-hybridized carbons (Fsp3) is 1.00. The molecule has 3 heteroatoms. The Labute approximate surface area is 71.3 Å². The predicted octanol–water partition coefficient (Wildman–Crippen LogP) is 1.32. The summed E-state index contributed by atoms with van der Waals surface area (Å²) >= 11 is 0. The molecule has 0 aliphatic carbocycles. The standard InChI is InChI=1S/C4H10.2ClH.Ga.3H/c1-4(2)3;;;;;;/h4H,1-3H3;2*1H;;;;. The molecule has 0 rings (SSSR count). The molecule has 0 radical (unpaired) electrons. The normalized spacial score (nSPS) is 5.14. The average molecular weight is 204 g/mol. The molecule has 0 nitrogen and oxygen atoms in total. The summed E-state index contributed by atoms with van der Waals surface area (Å²) in [5, 5.41) is 0. The molecule has 0 fully saturated rings. The van der Waals surface area contributed by atoms with Crippen molar-refractivity contribution in [2.24, 2.45) is 5.92 Å². The summed E-state index contributed by atoms with van der Waals surface area (Å²) in [5.74, 6) is 0.833. The molecule has 48 valence electrons. The molecule has 0 aliphatic heterocycles. The van der Waals surface area contributed by atoms with E-state index in [0.29, 0.717) is 0 Å². The second kappa shape index (κ2) is 15.7. The van der Waals surface area contributed by atoms with Crippen molar-refractivity contribution in [1.29, 1.82) is 0 Å². The summed E-state index contributed by atoms with van der Waals surface area (Å²) in [6.45, 7) is 6.50. The monoisotopic (exact) mass is 202 g/mol. The van der Waals surface area contributed by atoms with Crippen LogP contribution in [0.15, 0.2) is 0 Å². The molecule has 0 unspecified atom stereocenters. The Morgan fingerprint density at radius 1 is 0.857 bits per heavy atom. The van der Waals surface area contributed by atoms with Crippen LogP contribution in [0, 0.1) is 5.92 Å². The molecule has 0 aromatic rings. The maximum atomic E-state index is 2.17. The third kappa shape index (κ3) is 133. The molecule has 0 aromatic carbocycles. The van der Waals surface area contributed by atoms with Crippen LogP contribution in [0.25, 0.3) is 0 Å². The van der Waals surface area contributed by atoms with Crippen LogP contribution in [0.3, 0.4) is 0 Å². The summed E-state index contributed by atoms with van der Waals surface area (Å²) in [5.41, 5.74) is 0. The van der Waals surface area contributed by atoms with Gasteiger partial charge in [0.05, 0.1) is 0 Å². The molecular weight excluding hydrogens is 189 g/mol. The van der Waals surface area contributed by atoms with Gasteiger partial charge in [0.1, 0.15) is 0 Å². The zero-order valence-corrected chi connectivity index (χ0v) is 6.03. The fourth-order valence-electron chi connectivity index (χ4n) is 0. The van der Waals surface area contributed by atoms with E-state index in [1.807, 2.05) is 0 Å². The number of hydrogen-bond acceptors (Lipinski definition) is 0. The zero-order chi connectivity index (χ0) is 3.58. The molecule has 0 amide bonds. The van der Waals surface area contributed by atoms with Crippen molar-refractivity contribution in [3.63, 3.8) is 0 Å². The molecule has 0 aliphatic rings. The van der Waals surface area contributed by atoms with E-state index >= 15 is 0 Å². The van der Waals surface area contributed by atoms with Crippen molar-refractivity contribution < 1.29 is 0 Å². The molecular formula is C4H15Cl2Ga. The number of rotatable bonds is 0. The van der Waals surface area contributed by atoms with Crippen LogP contribution in [0.4, 0.5) is 0 Å². The van der Waals surface area contributed by atoms with Crippen LogP contribution >= 0.6 is 24.8 Å². The molecule has 0 saturated carbocycles. The summed E-state index contributed by atoms with van der Waals surface area (Å²) in [4.78, 5) is 0. The van der Waals surface area contributed by atoms with Crippen LogP contribution in [-0.2, 0) is 0 Å². The van der Waals surface area contributed by atoms with E-state index in [9.17, 15) is 0 Å². The predicted molar refractivity (Wildman–Crippen MR) is 44.9 cm³/mol. The van der Waals surface area contributed by atoms with Crippen LogP contribution < -0.4 is 0 Å². The third-order valence-electron chi connectivity index (χ3n) is 0. The first-order valence-electron chi connectivity index (χ1n) is 1.73.